The number of amides is 1. The average molecular weight is 314 g/mol. The van der Waals surface area contributed by atoms with E-state index in [9.17, 15) is 4.79 Å². The molecule has 3 aromatic rings. The van der Waals surface area contributed by atoms with Gasteiger partial charge in [-0.2, -0.15) is 8.75 Å². The number of aromatic nitrogens is 2. The van der Waals surface area contributed by atoms with Gasteiger partial charge in [0.2, 0.25) is 0 Å². The van der Waals surface area contributed by atoms with Crippen LogP contribution in [0.5, 0.6) is 0 Å². The standard InChI is InChI=1S/C14H10N4OS2/c19-13(9-6-7-11-12(8-9)18-21-17-11)16-14(20)15-10-4-2-1-3-5-10/h1-8H,(H2,15,16,19,20). The first-order valence-electron chi connectivity index (χ1n) is 6.12. The first-order chi connectivity index (χ1) is 10.2. The van der Waals surface area contributed by atoms with E-state index in [1.807, 2.05) is 30.3 Å². The van der Waals surface area contributed by atoms with Crippen molar-refractivity contribution in [1.82, 2.24) is 14.1 Å². The maximum atomic E-state index is 12.1. The number of benzene rings is 2. The first-order valence-corrected chi connectivity index (χ1v) is 7.26. The molecule has 1 aromatic heterocycles. The lowest BCUT2D eigenvalue weighted by Gasteiger charge is -2.09. The zero-order valence-corrected chi connectivity index (χ0v) is 12.4. The van der Waals surface area contributed by atoms with E-state index >= 15 is 0 Å². The van der Waals surface area contributed by atoms with Gasteiger partial charge in [0.15, 0.2) is 5.11 Å². The molecule has 104 valence electrons. The number of carbonyl (C=O) groups is 1. The van der Waals surface area contributed by atoms with E-state index in [1.54, 1.807) is 18.2 Å². The summed E-state index contributed by atoms with van der Waals surface area (Å²) in [5, 5.41) is 5.84. The molecule has 0 aliphatic rings. The Balaban J connectivity index is 1.69. The molecule has 0 aliphatic carbocycles. The van der Waals surface area contributed by atoms with Gasteiger partial charge >= 0.3 is 0 Å². The second-order valence-electron chi connectivity index (χ2n) is 4.24. The van der Waals surface area contributed by atoms with E-state index in [4.69, 9.17) is 12.2 Å². The van der Waals surface area contributed by atoms with E-state index in [2.05, 4.69) is 19.4 Å². The van der Waals surface area contributed by atoms with Crippen molar-refractivity contribution in [3.63, 3.8) is 0 Å². The van der Waals surface area contributed by atoms with E-state index < -0.39 is 0 Å². The Morgan fingerprint density at radius 1 is 1.05 bits per heavy atom. The van der Waals surface area contributed by atoms with Crippen LogP contribution in [0.1, 0.15) is 10.4 Å². The molecule has 0 saturated heterocycles. The molecule has 1 heterocycles. The number of fused-ring (bicyclic) bond motifs is 1. The monoisotopic (exact) mass is 314 g/mol. The minimum atomic E-state index is -0.279. The van der Waals surface area contributed by atoms with Crippen LogP contribution in [0.15, 0.2) is 48.5 Å². The van der Waals surface area contributed by atoms with Crippen LogP contribution in [0.4, 0.5) is 5.69 Å². The Kier molecular flexibility index (Phi) is 3.85. The van der Waals surface area contributed by atoms with Gasteiger partial charge in [-0.05, 0) is 42.5 Å². The second kappa shape index (κ2) is 5.94. The number of anilines is 1. The molecule has 21 heavy (non-hydrogen) atoms. The van der Waals surface area contributed by atoms with Gasteiger partial charge < -0.3 is 5.32 Å². The van der Waals surface area contributed by atoms with Crippen LogP contribution in [0.2, 0.25) is 0 Å². The SMILES string of the molecule is O=C(NC(=S)Nc1ccccc1)c1ccc2nsnc2c1. The van der Waals surface area contributed by atoms with Gasteiger partial charge in [0.25, 0.3) is 5.91 Å². The fourth-order valence-electron chi connectivity index (χ4n) is 1.78. The zero-order valence-electron chi connectivity index (χ0n) is 10.7. The molecule has 0 radical (unpaired) electrons. The number of nitrogens with one attached hydrogen (secondary N) is 2. The molecule has 0 aliphatic heterocycles. The maximum Gasteiger partial charge on any atom is 0.257 e. The minimum Gasteiger partial charge on any atom is -0.332 e. The van der Waals surface area contributed by atoms with Crippen molar-refractivity contribution in [2.75, 3.05) is 5.32 Å². The third-order valence-corrected chi connectivity index (χ3v) is 3.54. The lowest BCUT2D eigenvalue weighted by molar-refractivity contribution is 0.0978. The summed E-state index contributed by atoms with van der Waals surface area (Å²) in [6.45, 7) is 0. The van der Waals surface area contributed by atoms with Crippen LogP contribution in [-0.2, 0) is 0 Å². The number of para-hydroxylation sites is 1. The van der Waals surface area contributed by atoms with Crippen LogP contribution in [0.25, 0.3) is 11.0 Å². The minimum absolute atomic E-state index is 0.252. The molecule has 0 spiro atoms. The molecule has 0 unspecified atom stereocenters. The highest BCUT2D eigenvalue weighted by Gasteiger charge is 2.10. The lowest BCUT2D eigenvalue weighted by atomic mass is 10.2. The molecule has 2 aromatic carbocycles. The third kappa shape index (κ3) is 3.21. The fourth-order valence-corrected chi connectivity index (χ4v) is 2.51. The van der Waals surface area contributed by atoms with Crippen LogP contribution in [0, 0.1) is 0 Å². The summed E-state index contributed by atoms with van der Waals surface area (Å²) in [5.74, 6) is -0.279. The van der Waals surface area contributed by atoms with Gasteiger partial charge in [-0.1, -0.05) is 18.2 Å². The van der Waals surface area contributed by atoms with Crippen molar-refractivity contribution in [1.29, 1.82) is 0 Å². The fraction of sp³-hybridized carbons (Fsp3) is 0. The molecule has 2 N–H and O–H groups in total. The quantitative estimate of drug-likeness (QED) is 0.712. The van der Waals surface area contributed by atoms with Gasteiger partial charge in [-0.15, -0.1) is 0 Å². The van der Waals surface area contributed by atoms with Crippen LogP contribution >= 0.6 is 23.9 Å². The molecule has 0 atom stereocenters. The Morgan fingerprint density at radius 2 is 1.81 bits per heavy atom. The van der Waals surface area contributed by atoms with Crippen molar-refractivity contribution in [2.45, 2.75) is 0 Å². The predicted molar refractivity (Wildman–Crippen MR) is 87.5 cm³/mol. The Labute approximate surface area is 130 Å². The second-order valence-corrected chi connectivity index (χ2v) is 5.18. The van der Waals surface area contributed by atoms with Crippen molar-refractivity contribution in [3.05, 3.63) is 54.1 Å². The highest BCUT2D eigenvalue weighted by Crippen LogP contribution is 2.13. The Hall–Kier alpha value is -2.38. The topological polar surface area (TPSA) is 66.9 Å². The molecular formula is C14H10N4OS2. The number of carbonyl (C=O) groups excluding carboxylic acids is 1. The summed E-state index contributed by atoms with van der Waals surface area (Å²) in [5.41, 5.74) is 2.80. The normalized spacial score (nSPS) is 10.3. The molecule has 1 amide bonds. The van der Waals surface area contributed by atoms with Crippen LogP contribution < -0.4 is 10.6 Å². The summed E-state index contributed by atoms with van der Waals surface area (Å²) in [6.07, 6.45) is 0. The number of hydrogen-bond acceptors (Lipinski definition) is 5. The van der Waals surface area contributed by atoms with Crippen molar-refractivity contribution in [2.24, 2.45) is 0 Å². The smallest absolute Gasteiger partial charge is 0.257 e. The number of thiocarbonyl (C=S) groups is 1. The Bertz CT molecular complexity index is 801. The summed E-state index contributed by atoms with van der Waals surface area (Å²) in [4.78, 5) is 12.1. The molecule has 0 fully saturated rings. The average Bonchev–Trinajstić information content (AvgIpc) is 2.95. The van der Waals surface area contributed by atoms with Crippen molar-refractivity contribution in [3.8, 4) is 0 Å². The zero-order chi connectivity index (χ0) is 14.7. The summed E-state index contributed by atoms with van der Waals surface area (Å²) >= 11 is 6.24. The Morgan fingerprint density at radius 3 is 2.62 bits per heavy atom. The first kappa shape index (κ1) is 13.6. The van der Waals surface area contributed by atoms with Crippen LogP contribution in [-0.4, -0.2) is 19.8 Å². The number of rotatable bonds is 2. The molecule has 5 nitrogen and oxygen atoms in total. The highest BCUT2D eigenvalue weighted by atomic mass is 32.1. The van der Waals surface area contributed by atoms with Gasteiger partial charge in [-0.25, -0.2) is 0 Å². The third-order valence-electron chi connectivity index (χ3n) is 2.77. The summed E-state index contributed by atoms with van der Waals surface area (Å²) in [7, 11) is 0. The maximum absolute atomic E-state index is 12.1. The van der Waals surface area contributed by atoms with E-state index in [-0.39, 0.29) is 11.0 Å². The van der Waals surface area contributed by atoms with E-state index in [1.165, 1.54) is 0 Å². The largest absolute Gasteiger partial charge is 0.332 e. The van der Waals surface area contributed by atoms with Crippen LogP contribution in [0.3, 0.4) is 0 Å². The highest BCUT2D eigenvalue weighted by molar-refractivity contribution is 7.80. The molecule has 3 rings (SSSR count). The van der Waals surface area contributed by atoms with Gasteiger partial charge in [0.1, 0.15) is 11.0 Å². The number of hydrogen-bond donors (Lipinski definition) is 2. The van der Waals surface area contributed by atoms with Gasteiger partial charge in [0, 0.05) is 11.3 Å². The molecule has 0 saturated carbocycles. The lowest BCUT2D eigenvalue weighted by Crippen LogP contribution is -2.34. The van der Waals surface area contributed by atoms with Crippen molar-refractivity contribution >= 4 is 51.7 Å². The predicted octanol–water partition coefficient (Wildman–Crippen LogP) is 2.82. The van der Waals surface area contributed by atoms with Crippen molar-refractivity contribution < 1.29 is 4.79 Å². The van der Waals surface area contributed by atoms with Gasteiger partial charge in [-0.3, -0.25) is 10.1 Å². The molecule has 0 bridgehead atoms. The van der Waals surface area contributed by atoms with Gasteiger partial charge in [0.05, 0.1) is 11.7 Å². The summed E-state index contributed by atoms with van der Waals surface area (Å²) in [6, 6.07) is 14.6. The molecule has 7 heteroatoms. The van der Waals surface area contributed by atoms with E-state index in [0.29, 0.717) is 11.1 Å². The number of nitrogens with zero attached hydrogens (tertiary/aromatic N) is 2. The molecular weight excluding hydrogens is 304 g/mol. The van der Waals surface area contributed by atoms with E-state index in [0.717, 1.165) is 22.9 Å². The summed E-state index contributed by atoms with van der Waals surface area (Å²) < 4.78 is 8.21.